The van der Waals surface area contributed by atoms with Crippen LogP contribution in [0.3, 0.4) is 0 Å². The van der Waals surface area contributed by atoms with Crippen molar-refractivity contribution >= 4 is 33.3 Å². The van der Waals surface area contributed by atoms with Gasteiger partial charge in [0, 0.05) is 32.3 Å². The molecule has 2 aliphatic heterocycles. The predicted octanol–water partition coefficient (Wildman–Crippen LogP) is 5.48. The Morgan fingerprint density at radius 2 is 1.97 bits per heavy atom. The summed E-state index contributed by atoms with van der Waals surface area (Å²) in [6.07, 6.45) is 4.69. The highest BCUT2D eigenvalue weighted by Crippen LogP contribution is 2.40. The molecular weight excluding hydrogens is 422 g/mol. The third-order valence-electron chi connectivity index (χ3n) is 6.37. The lowest BCUT2D eigenvalue weighted by molar-refractivity contribution is -0.0584. The predicted molar refractivity (Wildman–Crippen MR) is 130 cm³/mol. The third kappa shape index (κ3) is 4.70. The molecule has 0 unspecified atom stereocenters. The van der Waals surface area contributed by atoms with Gasteiger partial charge in [-0.15, -0.1) is 11.3 Å². The van der Waals surface area contributed by atoms with Gasteiger partial charge in [0.25, 0.3) is 0 Å². The van der Waals surface area contributed by atoms with Crippen LogP contribution in [0.5, 0.6) is 0 Å². The molecule has 2 aromatic rings. The number of nitrogens with zero attached hydrogens (tertiary/aromatic N) is 3. The Balaban J connectivity index is 1.66. The monoisotopic (exact) mass is 457 g/mol. The van der Waals surface area contributed by atoms with E-state index in [1.165, 1.54) is 0 Å². The number of piperidine rings is 1. The molecule has 0 spiro atoms. The Morgan fingerprint density at radius 3 is 2.62 bits per heavy atom. The van der Waals surface area contributed by atoms with Crippen LogP contribution in [0.25, 0.3) is 15.9 Å². The molecule has 1 saturated heterocycles. The fourth-order valence-corrected chi connectivity index (χ4v) is 5.61. The van der Waals surface area contributed by atoms with Gasteiger partial charge in [-0.25, -0.2) is 9.78 Å². The summed E-state index contributed by atoms with van der Waals surface area (Å²) < 4.78 is 12.9. The van der Waals surface area contributed by atoms with E-state index in [-0.39, 0.29) is 11.7 Å². The topological polar surface area (TPSA) is 54.9 Å². The molecule has 2 aliphatic rings. The van der Waals surface area contributed by atoms with E-state index in [9.17, 15) is 4.79 Å². The summed E-state index contributed by atoms with van der Waals surface area (Å²) in [5, 5.41) is 1.05. The summed E-state index contributed by atoms with van der Waals surface area (Å²) in [5.74, 6) is 0.395. The van der Waals surface area contributed by atoms with Crippen LogP contribution in [0, 0.1) is 5.92 Å². The first-order chi connectivity index (χ1) is 15.1. The van der Waals surface area contributed by atoms with E-state index in [0.717, 1.165) is 58.8 Å². The maximum Gasteiger partial charge on any atom is 0.414 e. The molecule has 1 aromatic carbocycles. The van der Waals surface area contributed by atoms with E-state index in [2.05, 4.69) is 43.1 Å². The number of rotatable bonds is 3. The van der Waals surface area contributed by atoms with Gasteiger partial charge >= 0.3 is 6.09 Å². The quantitative estimate of drug-likeness (QED) is 0.611. The molecule has 7 heteroatoms. The molecule has 0 N–H and O–H groups in total. The minimum absolute atomic E-state index is 0.293. The Hall–Kier alpha value is -1.96. The van der Waals surface area contributed by atoms with E-state index in [4.69, 9.17) is 14.5 Å². The molecule has 32 heavy (non-hydrogen) atoms. The lowest BCUT2D eigenvalue weighted by Crippen LogP contribution is -2.42. The van der Waals surface area contributed by atoms with Crippen molar-refractivity contribution in [3.8, 4) is 0 Å². The fourth-order valence-electron chi connectivity index (χ4n) is 4.44. The van der Waals surface area contributed by atoms with Gasteiger partial charge in [-0.3, -0.25) is 4.90 Å². The van der Waals surface area contributed by atoms with E-state index >= 15 is 0 Å². The molecular formula is C25H35N3O3S. The second-order valence-electron chi connectivity index (χ2n) is 10.2. The third-order valence-corrected chi connectivity index (χ3v) is 7.59. The van der Waals surface area contributed by atoms with Crippen molar-refractivity contribution in [2.24, 2.45) is 5.92 Å². The number of carbonyl (C=O) groups is 1. The zero-order chi connectivity index (χ0) is 23.1. The Kier molecular flexibility index (Phi) is 6.36. The number of methoxy groups -OCH3 is 1. The summed E-state index contributed by atoms with van der Waals surface area (Å²) >= 11 is 1.72. The maximum atomic E-state index is 13.0. The summed E-state index contributed by atoms with van der Waals surface area (Å²) in [6, 6.07) is 6.32. The van der Waals surface area contributed by atoms with Crippen LogP contribution in [0.1, 0.15) is 57.5 Å². The highest BCUT2D eigenvalue weighted by atomic mass is 32.1. The standard InChI is InChI=1S/C25H35N3O3S/c1-17-7-9-20(28(16-17)23(29)31-24(2,3)4)18-8-10-21-19(15-18)26-22(32-21)25(30-6)11-13-27(5)14-12-25/h8-10,15,17H,7,11-14,16H2,1-6H3/t17-/m0/s1. The number of allylic oxidation sites excluding steroid dienone is 1. The summed E-state index contributed by atoms with van der Waals surface area (Å²) in [5.41, 5.74) is 2.04. The number of amides is 1. The van der Waals surface area contributed by atoms with E-state index in [1.54, 1.807) is 23.3 Å². The van der Waals surface area contributed by atoms with Crippen LogP contribution in [-0.2, 0) is 15.1 Å². The number of thiazole rings is 1. The average molecular weight is 458 g/mol. The average Bonchev–Trinajstić information content (AvgIpc) is 3.17. The zero-order valence-electron chi connectivity index (χ0n) is 20.1. The Morgan fingerprint density at radius 1 is 1.25 bits per heavy atom. The number of carbonyl (C=O) groups excluding carboxylic acids is 1. The summed E-state index contributed by atoms with van der Waals surface area (Å²) in [7, 11) is 3.95. The van der Waals surface area contributed by atoms with Crippen molar-refractivity contribution in [1.29, 1.82) is 0 Å². The number of likely N-dealkylation sites (tertiary alicyclic amines) is 1. The smallest absolute Gasteiger partial charge is 0.414 e. The van der Waals surface area contributed by atoms with Crippen LogP contribution in [0.2, 0.25) is 0 Å². The molecule has 0 aliphatic carbocycles. The van der Waals surface area contributed by atoms with Gasteiger partial charge in [-0.1, -0.05) is 19.1 Å². The van der Waals surface area contributed by atoms with Crippen molar-refractivity contribution in [2.75, 3.05) is 33.8 Å². The van der Waals surface area contributed by atoms with Crippen molar-refractivity contribution in [3.05, 3.63) is 34.8 Å². The van der Waals surface area contributed by atoms with Crippen molar-refractivity contribution in [3.63, 3.8) is 0 Å². The van der Waals surface area contributed by atoms with Gasteiger partial charge in [-0.2, -0.15) is 0 Å². The van der Waals surface area contributed by atoms with Gasteiger partial charge in [0.1, 0.15) is 16.2 Å². The lowest BCUT2D eigenvalue weighted by atomic mass is 9.92. The zero-order valence-corrected chi connectivity index (χ0v) is 20.9. The molecule has 174 valence electrons. The van der Waals surface area contributed by atoms with Crippen molar-refractivity contribution in [2.45, 2.75) is 58.2 Å². The first-order valence-corrected chi connectivity index (χ1v) is 12.3. The van der Waals surface area contributed by atoms with E-state index in [0.29, 0.717) is 12.5 Å². The van der Waals surface area contributed by atoms with Crippen LogP contribution in [0.4, 0.5) is 4.79 Å². The minimum Gasteiger partial charge on any atom is -0.443 e. The van der Waals surface area contributed by atoms with Gasteiger partial charge in [0.15, 0.2) is 0 Å². The molecule has 6 nitrogen and oxygen atoms in total. The van der Waals surface area contributed by atoms with Crippen LogP contribution in [-0.4, -0.2) is 60.3 Å². The highest BCUT2D eigenvalue weighted by molar-refractivity contribution is 7.18. The van der Waals surface area contributed by atoms with Crippen LogP contribution < -0.4 is 0 Å². The Labute approximate surface area is 195 Å². The molecule has 4 rings (SSSR count). The first kappa shape index (κ1) is 23.2. The van der Waals surface area contributed by atoms with E-state index in [1.807, 2.05) is 20.8 Å². The number of ether oxygens (including phenoxy) is 2. The van der Waals surface area contributed by atoms with Crippen molar-refractivity contribution < 1.29 is 14.3 Å². The molecule has 0 radical (unpaired) electrons. The molecule has 0 saturated carbocycles. The number of fused-ring (bicyclic) bond motifs is 1. The van der Waals surface area contributed by atoms with Gasteiger partial charge in [-0.05, 0) is 65.1 Å². The number of hydrogen-bond donors (Lipinski definition) is 0. The molecule has 1 fully saturated rings. The fraction of sp³-hybridized carbons (Fsp3) is 0.600. The van der Waals surface area contributed by atoms with Gasteiger partial charge < -0.3 is 14.4 Å². The van der Waals surface area contributed by atoms with E-state index < -0.39 is 5.60 Å². The number of benzene rings is 1. The normalized spacial score (nSPS) is 22.1. The first-order valence-electron chi connectivity index (χ1n) is 11.5. The Bertz CT molecular complexity index is 1020. The second-order valence-corrected chi connectivity index (χ2v) is 11.3. The SMILES string of the molecule is COC1(c2nc3cc(C4=CC[C@H](C)CN4C(=O)OC(C)(C)C)ccc3s2)CCN(C)CC1. The highest BCUT2D eigenvalue weighted by Gasteiger charge is 2.38. The molecule has 3 heterocycles. The summed E-state index contributed by atoms with van der Waals surface area (Å²) in [4.78, 5) is 22.1. The summed E-state index contributed by atoms with van der Waals surface area (Å²) in [6.45, 7) is 10.5. The van der Waals surface area contributed by atoms with Crippen LogP contribution in [0.15, 0.2) is 24.3 Å². The second kappa shape index (κ2) is 8.76. The number of aromatic nitrogens is 1. The van der Waals surface area contributed by atoms with Gasteiger partial charge in [0.2, 0.25) is 0 Å². The molecule has 1 atom stereocenters. The largest absolute Gasteiger partial charge is 0.443 e. The van der Waals surface area contributed by atoms with Crippen molar-refractivity contribution in [1.82, 2.24) is 14.8 Å². The lowest BCUT2D eigenvalue weighted by Gasteiger charge is -2.38. The molecule has 1 aromatic heterocycles. The van der Waals surface area contributed by atoms with Crippen LogP contribution >= 0.6 is 11.3 Å². The molecule has 1 amide bonds. The van der Waals surface area contributed by atoms with Gasteiger partial charge in [0.05, 0.1) is 15.9 Å². The minimum atomic E-state index is -0.529. The maximum absolute atomic E-state index is 13.0. The molecule has 0 bridgehead atoms. The number of hydrogen-bond acceptors (Lipinski definition) is 6.